The molecule has 0 bridgehead atoms. The summed E-state index contributed by atoms with van der Waals surface area (Å²) < 4.78 is 5.12. The Kier molecular flexibility index (Phi) is 8.27. The fraction of sp³-hybridized carbons (Fsp3) is 0.318. The van der Waals surface area contributed by atoms with E-state index in [2.05, 4.69) is 10.6 Å². The fourth-order valence-electron chi connectivity index (χ4n) is 2.42. The van der Waals surface area contributed by atoms with E-state index in [-0.39, 0.29) is 29.4 Å². The monoisotopic (exact) mass is 414 g/mol. The summed E-state index contributed by atoms with van der Waals surface area (Å²) in [6, 6.07) is 12.2. The van der Waals surface area contributed by atoms with Crippen molar-refractivity contribution in [3.63, 3.8) is 0 Å². The summed E-state index contributed by atoms with van der Waals surface area (Å²) in [6.07, 6.45) is -0.189. The molecule has 6 nitrogen and oxygen atoms in total. The highest BCUT2D eigenvalue weighted by atomic mass is 32.2. The van der Waals surface area contributed by atoms with Crippen LogP contribution in [0.3, 0.4) is 0 Å². The van der Waals surface area contributed by atoms with Crippen LogP contribution >= 0.6 is 11.8 Å². The lowest BCUT2D eigenvalue weighted by Crippen LogP contribution is -2.18. The molecular formula is C22H26N2O4S. The van der Waals surface area contributed by atoms with Crippen LogP contribution in [0.1, 0.15) is 35.3 Å². The molecule has 0 spiro atoms. The molecule has 0 atom stereocenters. The van der Waals surface area contributed by atoms with Crippen LogP contribution in [0.25, 0.3) is 0 Å². The van der Waals surface area contributed by atoms with E-state index in [0.717, 1.165) is 11.3 Å². The Labute approximate surface area is 175 Å². The molecule has 0 saturated carbocycles. The molecule has 0 unspecified atom stereocenters. The molecule has 29 heavy (non-hydrogen) atoms. The van der Waals surface area contributed by atoms with Crippen molar-refractivity contribution in [3.8, 4) is 0 Å². The largest absolute Gasteiger partial charge is 0.459 e. The van der Waals surface area contributed by atoms with E-state index in [4.69, 9.17) is 4.74 Å². The first-order valence-corrected chi connectivity index (χ1v) is 10.5. The van der Waals surface area contributed by atoms with Gasteiger partial charge in [0, 0.05) is 11.4 Å². The number of carbonyl (C=O) groups is 3. The van der Waals surface area contributed by atoms with Gasteiger partial charge in [-0.25, -0.2) is 4.79 Å². The van der Waals surface area contributed by atoms with Gasteiger partial charge in [-0.1, -0.05) is 6.07 Å². The summed E-state index contributed by atoms with van der Waals surface area (Å²) in [5.41, 5.74) is 4.03. The summed E-state index contributed by atoms with van der Waals surface area (Å²) in [5.74, 6) is -0.438. The molecule has 2 aromatic rings. The lowest BCUT2D eigenvalue weighted by Gasteiger charge is -2.09. The SMILES string of the molecule is Cc1ccc(NC(=O)CSCC(=O)Nc2ccc(C(=O)OC(C)C)cc2)cc1C. The number of ether oxygens (including phenoxy) is 1. The van der Waals surface area contributed by atoms with Gasteiger partial charge in [0.25, 0.3) is 0 Å². The highest BCUT2D eigenvalue weighted by Gasteiger charge is 2.10. The summed E-state index contributed by atoms with van der Waals surface area (Å²) in [5, 5.41) is 5.57. The first-order valence-electron chi connectivity index (χ1n) is 9.30. The van der Waals surface area contributed by atoms with Gasteiger partial charge in [-0.05, 0) is 75.2 Å². The minimum absolute atomic E-state index is 0.150. The maximum Gasteiger partial charge on any atom is 0.338 e. The minimum atomic E-state index is -0.400. The third kappa shape index (κ3) is 7.62. The second-order valence-electron chi connectivity index (χ2n) is 6.92. The third-order valence-corrected chi connectivity index (χ3v) is 4.94. The third-order valence-electron chi connectivity index (χ3n) is 4.00. The first kappa shape index (κ1) is 22.5. The lowest BCUT2D eigenvalue weighted by molar-refractivity contribution is -0.114. The number of rotatable bonds is 8. The highest BCUT2D eigenvalue weighted by Crippen LogP contribution is 2.15. The molecule has 0 radical (unpaired) electrons. The Bertz CT molecular complexity index is 879. The number of aryl methyl sites for hydroxylation is 2. The van der Waals surface area contributed by atoms with Crippen LogP contribution in [-0.2, 0) is 14.3 Å². The zero-order valence-electron chi connectivity index (χ0n) is 17.1. The van der Waals surface area contributed by atoms with E-state index >= 15 is 0 Å². The number of nitrogens with one attached hydrogen (secondary N) is 2. The van der Waals surface area contributed by atoms with E-state index in [0.29, 0.717) is 11.3 Å². The predicted molar refractivity (Wildman–Crippen MR) is 117 cm³/mol. The van der Waals surface area contributed by atoms with Gasteiger partial charge in [0.1, 0.15) is 0 Å². The molecular weight excluding hydrogens is 388 g/mol. The Balaban J connectivity index is 1.74. The molecule has 0 aromatic heterocycles. The Morgan fingerprint density at radius 3 is 1.97 bits per heavy atom. The number of hydrogen-bond donors (Lipinski definition) is 2. The van der Waals surface area contributed by atoms with Gasteiger partial charge >= 0.3 is 5.97 Å². The Hall–Kier alpha value is -2.80. The predicted octanol–water partition coefficient (Wildman–Crippen LogP) is 4.18. The van der Waals surface area contributed by atoms with E-state index in [1.54, 1.807) is 38.1 Å². The number of benzene rings is 2. The normalized spacial score (nSPS) is 10.5. The number of thioether (sulfide) groups is 1. The van der Waals surface area contributed by atoms with Crippen molar-refractivity contribution in [1.82, 2.24) is 0 Å². The zero-order chi connectivity index (χ0) is 21.4. The number of hydrogen-bond acceptors (Lipinski definition) is 5. The molecule has 154 valence electrons. The van der Waals surface area contributed by atoms with Gasteiger partial charge in [-0.2, -0.15) is 0 Å². The van der Waals surface area contributed by atoms with Crippen LogP contribution in [0, 0.1) is 13.8 Å². The van der Waals surface area contributed by atoms with Crippen LogP contribution in [0.2, 0.25) is 0 Å². The molecule has 0 fully saturated rings. The fourth-order valence-corrected chi connectivity index (χ4v) is 3.04. The van der Waals surface area contributed by atoms with E-state index in [1.165, 1.54) is 17.3 Å². The van der Waals surface area contributed by atoms with Crippen LogP contribution < -0.4 is 10.6 Å². The first-order chi connectivity index (χ1) is 13.7. The van der Waals surface area contributed by atoms with Crippen LogP contribution in [-0.4, -0.2) is 35.4 Å². The van der Waals surface area contributed by atoms with E-state index in [1.807, 2.05) is 32.0 Å². The van der Waals surface area contributed by atoms with Gasteiger partial charge in [-0.15, -0.1) is 11.8 Å². The zero-order valence-corrected chi connectivity index (χ0v) is 17.9. The number of carbonyl (C=O) groups excluding carboxylic acids is 3. The van der Waals surface area contributed by atoms with Gasteiger partial charge in [0.15, 0.2) is 0 Å². The van der Waals surface area contributed by atoms with Crippen molar-refractivity contribution in [2.75, 3.05) is 22.1 Å². The Morgan fingerprint density at radius 2 is 1.41 bits per heavy atom. The van der Waals surface area contributed by atoms with Gasteiger partial charge in [0.05, 0.1) is 23.2 Å². The van der Waals surface area contributed by atoms with Crippen LogP contribution in [0.5, 0.6) is 0 Å². The van der Waals surface area contributed by atoms with Crippen molar-refractivity contribution in [1.29, 1.82) is 0 Å². The number of amides is 2. The van der Waals surface area contributed by atoms with Crippen LogP contribution in [0.15, 0.2) is 42.5 Å². The van der Waals surface area contributed by atoms with Crippen molar-refractivity contribution in [3.05, 3.63) is 59.2 Å². The van der Waals surface area contributed by atoms with Crippen molar-refractivity contribution in [2.24, 2.45) is 0 Å². The second kappa shape index (κ2) is 10.7. The smallest absolute Gasteiger partial charge is 0.338 e. The molecule has 0 aliphatic carbocycles. The molecule has 2 amide bonds. The minimum Gasteiger partial charge on any atom is -0.459 e. The summed E-state index contributed by atoms with van der Waals surface area (Å²) in [7, 11) is 0. The quantitative estimate of drug-likeness (QED) is 0.633. The topological polar surface area (TPSA) is 84.5 Å². The van der Waals surface area contributed by atoms with Crippen molar-refractivity contribution >= 4 is 40.9 Å². The molecule has 0 saturated heterocycles. The lowest BCUT2D eigenvalue weighted by atomic mass is 10.1. The summed E-state index contributed by atoms with van der Waals surface area (Å²) in [4.78, 5) is 35.9. The summed E-state index contributed by atoms with van der Waals surface area (Å²) >= 11 is 1.23. The number of esters is 1. The highest BCUT2D eigenvalue weighted by molar-refractivity contribution is 8.00. The molecule has 2 rings (SSSR count). The van der Waals surface area contributed by atoms with Crippen LogP contribution in [0.4, 0.5) is 11.4 Å². The second-order valence-corrected chi connectivity index (χ2v) is 7.91. The maximum atomic E-state index is 12.0. The number of anilines is 2. The molecule has 0 heterocycles. The summed E-state index contributed by atoms with van der Waals surface area (Å²) in [6.45, 7) is 7.57. The molecule has 7 heteroatoms. The van der Waals surface area contributed by atoms with Gasteiger partial charge in [-0.3, -0.25) is 9.59 Å². The van der Waals surface area contributed by atoms with E-state index < -0.39 is 5.97 Å². The van der Waals surface area contributed by atoms with Gasteiger partial charge < -0.3 is 15.4 Å². The molecule has 2 aromatic carbocycles. The Morgan fingerprint density at radius 1 is 0.862 bits per heavy atom. The van der Waals surface area contributed by atoms with Crippen molar-refractivity contribution < 1.29 is 19.1 Å². The standard InChI is InChI=1S/C22H26N2O4S/c1-14(2)28-22(27)17-6-9-18(10-7-17)23-20(25)12-29-13-21(26)24-19-8-5-15(3)16(4)11-19/h5-11,14H,12-13H2,1-4H3,(H,23,25)(H,24,26). The average Bonchev–Trinajstić information content (AvgIpc) is 2.64. The maximum absolute atomic E-state index is 12.0. The van der Waals surface area contributed by atoms with E-state index in [9.17, 15) is 14.4 Å². The van der Waals surface area contributed by atoms with Crippen molar-refractivity contribution in [2.45, 2.75) is 33.8 Å². The molecule has 0 aliphatic heterocycles. The molecule has 0 aliphatic rings. The van der Waals surface area contributed by atoms with Gasteiger partial charge in [0.2, 0.25) is 11.8 Å². The average molecular weight is 415 g/mol. The molecule has 2 N–H and O–H groups in total.